The molecule has 4 aliphatic carbocycles. The van der Waals surface area contributed by atoms with Crippen molar-refractivity contribution in [3.8, 4) is 0 Å². The number of nitrogens with zero attached hydrogens (tertiary/aromatic N) is 1. The predicted octanol–water partition coefficient (Wildman–Crippen LogP) is 4.71. The van der Waals surface area contributed by atoms with Gasteiger partial charge in [0.05, 0.1) is 11.7 Å². The number of rotatable bonds is 0. The third-order valence-corrected chi connectivity index (χ3v) is 12.0. The van der Waals surface area contributed by atoms with Gasteiger partial charge >= 0.3 is 0 Å². The van der Waals surface area contributed by atoms with Crippen molar-refractivity contribution in [2.75, 3.05) is 13.1 Å². The van der Waals surface area contributed by atoms with Crippen molar-refractivity contribution in [1.29, 1.82) is 0 Å². The van der Waals surface area contributed by atoms with Gasteiger partial charge < -0.3 is 10.2 Å². The Balaban J connectivity index is 1.29. The number of aliphatic hydroxyl groups excluding tert-OH is 1. The first-order chi connectivity index (χ1) is 14.3. The molecule has 170 valence electrons. The van der Waals surface area contributed by atoms with Gasteiger partial charge in [0, 0.05) is 19.1 Å². The molecule has 0 spiro atoms. The largest absolute Gasteiger partial charge is 0.393 e. The molecule has 4 saturated carbocycles. The highest BCUT2D eigenvalue weighted by Crippen LogP contribution is 2.67. The Morgan fingerprint density at radius 2 is 1.57 bits per heavy atom. The second-order valence-corrected chi connectivity index (χ2v) is 13.3. The molecule has 30 heavy (non-hydrogen) atoms. The van der Waals surface area contributed by atoms with Crippen LogP contribution in [0.2, 0.25) is 0 Å². The monoisotopic (exact) mass is 415 g/mol. The maximum Gasteiger partial charge on any atom is 0.0805 e. The van der Waals surface area contributed by atoms with Gasteiger partial charge in [-0.15, -0.1) is 0 Å². The molecule has 0 aromatic heterocycles. The molecule has 0 amide bonds. The molecule has 0 aromatic rings. The fraction of sp³-hybridized carbons (Fsp3) is 1.00. The van der Waals surface area contributed by atoms with Gasteiger partial charge in [-0.05, 0) is 124 Å². The van der Waals surface area contributed by atoms with E-state index >= 15 is 0 Å². The van der Waals surface area contributed by atoms with Gasteiger partial charge in [0.25, 0.3) is 0 Å². The molecule has 12 atom stereocenters. The molecular formula is C27H45NO2. The van der Waals surface area contributed by atoms with Crippen molar-refractivity contribution < 1.29 is 10.2 Å². The summed E-state index contributed by atoms with van der Waals surface area (Å²) >= 11 is 0. The molecule has 0 unspecified atom stereocenters. The summed E-state index contributed by atoms with van der Waals surface area (Å²) in [6, 6.07) is 0.400. The molecule has 0 bridgehead atoms. The summed E-state index contributed by atoms with van der Waals surface area (Å²) < 4.78 is 0. The highest BCUT2D eigenvalue weighted by molar-refractivity contribution is 5.13. The van der Waals surface area contributed by atoms with E-state index in [-0.39, 0.29) is 6.10 Å². The Morgan fingerprint density at radius 3 is 2.40 bits per heavy atom. The van der Waals surface area contributed by atoms with Crippen LogP contribution >= 0.6 is 0 Å². The van der Waals surface area contributed by atoms with Crippen molar-refractivity contribution in [3.63, 3.8) is 0 Å². The van der Waals surface area contributed by atoms with E-state index in [1.54, 1.807) is 0 Å². The fourth-order valence-electron chi connectivity index (χ4n) is 10.6. The Kier molecular flexibility index (Phi) is 4.74. The third-order valence-electron chi connectivity index (χ3n) is 12.0. The molecule has 3 nitrogen and oxygen atoms in total. The van der Waals surface area contributed by atoms with Crippen molar-refractivity contribution in [1.82, 2.24) is 4.90 Å². The van der Waals surface area contributed by atoms with Crippen LogP contribution in [0.1, 0.15) is 85.0 Å². The van der Waals surface area contributed by atoms with Crippen LogP contribution in [0.5, 0.6) is 0 Å². The summed E-state index contributed by atoms with van der Waals surface area (Å²) in [7, 11) is 0. The molecule has 2 saturated heterocycles. The maximum absolute atomic E-state index is 11.8. The van der Waals surface area contributed by atoms with Crippen LogP contribution in [-0.2, 0) is 0 Å². The zero-order valence-electron chi connectivity index (χ0n) is 19.6. The van der Waals surface area contributed by atoms with E-state index in [1.807, 2.05) is 0 Å². The third kappa shape index (κ3) is 2.80. The van der Waals surface area contributed by atoms with Gasteiger partial charge in [-0.25, -0.2) is 0 Å². The molecule has 2 heterocycles. The van der Waals surface area contributed by atoms with E-state index in [1.165, 1.54) is 64.5 Å². The minimum atomic E-state index is -0.497. The van der Waals surface area contributed by atoms with Gasteiger partial charge in [0.2, 0.25) is 0 Å². The number of fused-ring (bicyclic) bond motifs is 8. The normalized spacial score (nSPS) is 60.7. The fourth-order valence-corrected chi connectivity index (χ4v) is 10.6. The van der Waals surface area contributed by atoms with Crippen LogP contribution in [-0.4, -0.2) is 45.9 Å². The smallest absolute Gasteiger partial charge is 0.0805 e. The number of hydrogen-bond donors (Lipinski definition) is 2. The molecule has 6 aliphatic rings. The Morgan fingerprint density at radius 1 is 0.767 bits per heavy atom. The quantitative estimate of drug-likeness (QED) is 0.602. The lowest BCUT2D eigenvalue weighted by atomic mass is 9.52. The van der Waals surface area contributed by atoms with Crippen molar-refractivity contribution in [3.05, 3.63) is 0 Å². The molecule has 2 N–H and O–H groups in total. The summed E-state index contributed by atoms with van der Waals surface area (Å²) in [5.41, 5.74) is -0.0302. The lowest BCUT2D eigenvalue weighted by molar-refractivity contribution is -0.175. The highest BCUT2D eigenvalue weighted by atomic mass is 16.3. The SMILES string of the molecule is C[C@H]1CC[C@@H]2N(C1)C[C@H]1[C@@H]3C[C@H]4[C@@H](CC[C@H]5C[C@@H](O)CC[C@@]54C)[C@@H]3CC[C@H]1[C@]2(C)O. The minimum absolute atomic E-state index is 0.0425. The molecular weight excluding hydrogens is 370 g/mol. The first-order valence-electron chi connectivity index (χ1n) is 13.4. The summed E-state index contributed by atoms with van der Waals surface area (Å²) in [6.07, 6.45) is 12.6. The van der Waals surface area contributed by atoms with E-state index in [9.17, 15) is 10.2 Å². The van der Waals surface area contributed by atoms with Gasteiger partial charge in [0.15, 0.2) is 0 Å². The highest BCUT2D eigenvalue weighted by Gasteiger charge is 2.63. The Labute approximate surface area is 184 Å². The van der Waals surface area contributed by atoms with Crippen molar-refractivity contribution in [2.45, 2.75) is 103 Å². The molecule has 0 aromatic carbocycles. The lowest BCUT2D eigenvalue weighted by Crippen LogP contribution is -2.67. The topological polar surface area (TPSA) is 43.7 Å². The average molecular weight is 416 g/mol. The molecule has 3 heteroatoms. The number of aliphatic hydroxyl groups is 2. The van der Waals surface area contributed by atoms with Crippen LogP contribution in [0.15, 0.2) is 0 Å². The van der Waals surface area contributed by atoms with E-state index < -0.39 is 5.60 Å². The minimum Gasteiger partial charge on any atom is -0.393 e. The summed E-state index contributed by atoms with van der Waals surface area (Å²) in [4.78, 5) is 2.72. The maximum atomic E-state index is 11.8. The van der Waals surface area contributed by atoms with E-state index in [0.29, 0.717) is 23.3 Å². The van der Waals surface area contributed by atoms with E-state index in [2.05, 4.69) is 25.7 Å². The summed E-state index contributed by atoms with van der Waals surface area (Å²) in [5.74, 6) is 6.32. The van der Waals surface area contributed by atoms with E-state index in [4.69, 9.17) is 0 Å². The molecule has 6 fully saturated rings. The summed E-state index contributed by atoms with van der Waals surface area (Å²) in [5, 5.41) is 22.1. The Hall–Kier alpha value is -0.120. The van der Waals surface area contributed by atoms with Crippen LogP contribution in [0.25, 0.3) is 0 Å². The number of piperidine rings is 2. The van der Waals surface area contributed by atoms with Crippen LogP contribution < -0.4 is 0 Å². The zero-order valence-corrected chi connectivity index (χ0v) is 19.6. The van der Waals surface area contributed by atoms with Crippen LogP contribution in [0, 0.1) is 52.8 Å². The predicted molar refractivity (Wildman–Crippen MR) is 120 cm³/mol. The lowest BCUT2D eigenvalue weighted by Gasteiger charge is -2.59. The average Bonchev–Trinajstić information content (AvgIpc) is 3.09. The van der Waals surface area contributed by atoms with Crippen LogP contribution in [0.3, 0.4) is 0 Å². The summed E-state index contributed by atoms with van der Waals surface area (Å²) in [6.45, 7) is 9.68. The van der Waals surface area contributed by atoms with Gasteiger partial charge in [-0.1, -0.05) is 13.8 Å². The Bertz CT molecular complexity index is 678. The van der Waals surface area contributed by atoms with Gasteiger partial charge in [0.1, 0.15) is 0 Å². The second kappa shape index (κ2) is 6.94. The van der Waals surface area contributed by atoms with Crippen LogP contribution in [0.4, 0.5) is 0 Å². The first kappa shape index (κ1) is 20.5. The van der Waals surface area contributed by atoms with Gasteiger partial charge in [-0.3, -0.25) is 4.90 Å². The zero-order chi connectivity index (χ0) is 20.8. The standard InChI is InChI=1S/C27H45NO2/c1-16-4-9-25-27(3,30)23-8-7-19-20-6-5-17-12-18(29)10-11-26(17,2)24(20)13-21(19)22(23)15-28(25)14-16/h16-25,29-30H,4-15H2,1-3H3/t16-,17-,18-,19-,20-,21+,22-,23+,24-,25-,26-,27-/m0/s1. The first-order valence-corrected chi connectivity index (χ1v) is 13.4. The molecule has 6 rings (SSSR count). The van der Waals surface area contributed by atoms with Gasteiger partial charge in [-0.2, -0.15) is 0 Å². The van der Waals surface area contributed by atoms with Crippen molar-refractivity contribution >= 4 is 0 Å². The second-order valence-electron chi connectivity index (χ2n) is 13.3. The molecule has 2 aliphatic heterocycles. The number of hydrogen-bond acceptors (Lipinski definition) is 3. The van der Waals surface area contributed by atoms with E-state index in [0.717, 1.165) is 48.3 Å². The van der Waals surface area contributed by atoms with Crippen molar-refractivity contribution in [2.24, 2.45) is 52.8 Å². The molecule has 0 radical (unpaired) electrons.